The molecule has 6 heteroatoms. The number of benzene rings is 2. The molecule has 1 aliphatic rings. The van der Waals surface area contributed by atoms with Crippen molar-refractivity contribution in [3.8, 4) is 11.5 Å². The fourth-order valence-corrected chi connectivity index (χ4v) is 3.76. The Morgan fingerprint density at radius 2 is 1.69 bits per heavy atom. The summed E-state index contributed by atoms with van der Waals surface area (Å²) >= 11 is 0. The number of aliphatic hydroxyl groups excluding tert-OH is 1. The van der Waals surface area contributed by atoms with Crippen LogP contribution in [0.4, 0.5) is 0 Å². The summed E-state index contributed by atoms with van der Waals surface area (Å²) in [5.74, 6) is -0.926. The van der Waals surface area contributed by atoms with E-state index >= 15 is 0 Å². The van der Waals surface area contributed by atoms with E-state index in [0.29, 0.717) is 24.5 Å². The summed E-state index contributed by atoms with van der Waals surface area (Å²) in [6, 6.07) is 12.0. The lowest BCUT2D eigenvalue weighted by molar-refractivity contribution is -0.139. The van der Waals surface area contributed by atoms with E-state index in [0.717, 1.165) is 11.1 Å². The molecule has 1 heterocycles. The van der Waals surface area contributed by atoms with E-state index in [2.05, 4.69) is 0 Å². The second-order valence-electron chi connectivity index (χ2n) is 6.94. The molecule has 152 valence electrons. The summed E-state index contributed by atoms with van der Waals surface area (Å²) in [5.41, 5.74) is 2.06. The van der Waals surface area contributed by atoms with Crippen molar-refractivity contribution >= 4 is 17.4 Å². The lowest BCUT2D eigenvalue weighted by atomic mass is 9.94. The van der Waals surface area contributed by atoms with Crippen LogP contribution in [0.15, 0.2) is 48.0 Å². The molecule has 29 heavy (non-hydrogen) atoms. The van der Waals surface area contributed by atoms with Crippen LogP contribution in [0.5, 0.6) is 11.5 Å². The number of methoxy groups -OCH3 is 2. The third-order valence-corrected chi connectivity index (χ3v) is 5.03. The number of aliphatic hydroxyl groups is 1. The molecule has 1 saturated heterocycles. The highest BCUT2D eigenvalue weighted by molar-refractivity contribution is 6.46. The lowest BCUT2D eigenvalue weighted by Crippen LogP contribution is -2.30. The summed E-state index contributed by atoms with van der Waals surface area (Å²) in [6.07, 6.45) is 0.688. The highest BCUT2D eigenvalue weighted by Crippen LogP contribution is 2.43. The number of ether oxygens (including phenoxy) is 2. The van der Waals surface area contributed by atoms with Gasteiger partial charge in [-0.2, -0.15) is 0 Å². The first-order chi connectivity index (χ1) is 13.9. The Morgan fingerprint density at radius 1 is 1.07 bits per heavy atom. The lowest BCUT2D eigenvalue weighted by Gasteiger charge is -2.25. The minimum Gasteiger partial charge on any atom is -0.506 e. The number of amides is 1. The van der Waals surface area contributed by atoms with E-state index in [1.54, 1.807) is 18.2 Å². The molecule has 1 N–H and O–H groups in total. The number of ketones is 1. The van der Waals surface area contributed by atoms with Gasteiger partial charge in [0.2, 0.25) is 0 Å². The average Bonchev–Trinajstić information content (AvgIpc) is 2.98. The van der Waals surface area contributed by atoms with Gasteiger partial charge in [-0.05, 0) is 31.0 Å². The van der Waals surface area contributed by atoms with Gasteiger partial charge < -0.3 is 19.5 Å². The standard InChI is InChI=1S/C23H25NO5/c1-5-12-24-20(15-9-6-8-14(2)13-15)19(22(26)23(24)27)21(25)18-16(28-3)10-7-11-17(18)29-4/h6-11,13,20,25H,5,12H2,1-4H3/b21-19+. The van der Waals surface area contributed by atoms with Gasteiger partial charge >= 0.3 is 0 Å². The highest BCUT2D eigenvalue weighted by atomic mass is 16.5. The number of carbonyl (C=O) groups is 2. The molecule has 0 radical (unpaired) electrons. The van der Waals surface area contributed by atoms with Crippen LogP contribution in [0.3, 0.4) is 0 Å². The number of rotatable bonds is 6. The first kappa shape index (κ1) is 20.5. The van der Waals surface area contributed by atoms with Crippen LogP contribution in [0.2, 0.25) is 0 Å². The summed E-state index contributed by atoms with van der Waals surface area (Å²) in [6.45, 7) is 4.29. The predicted molar refractivity (Wildman–Crippen MR) is 110 cm³/mol. The van der Waals surface area contributed by atoms with E-state index in [9.17, 15) is 14.7 Å². The van der Waals surface area contributed by atoms with Crippen LogP contribution >= 0.6 is 0 Å². The van der Waals surface area contributed by atoms with E-state index in [1.807, 2.05) is 38.1 Å². The second-order valence-corrected chi connectivity index (χ2v) is 6.94. The van der Waals surface area contributed by atoms with Crippen molar-refractivity contribution in [2.24, 2.45) is 0 Å². The summed E-state index contributed by atoms with van der Waals surface area (Å²) in [7, 11) is 2.94. The van der Waals surface area contributed by atoms with Gasteiger partial charge in [-0.1, -0.05) is 42.8 Å². The molecule has 1 atom stereocenters. The Bertz CT molecular complexity index is 957. The predicted octanol–water partition coefficient (Wildman–Crippen LogP) is 3.84. The smallest absolute Gasteiger partial charge is 0.295 e. The Hall–Kier alpha value is -3.28. The van der Waals surface area contributed by atoms with Crippen LogP contribution in [-0.4, -0.2) is 42.5 Å². The van der Waals surface area contributed by atoms with Crippen molar-refractivity contribution in [3.05, 3.63) is 64.7 Å². The molecular weight excluding hydrogens is 370 g/mol. The molecule has 1 fully saturated rings. The number of hydrogen-bond donors (Lipinski definition) is 1. The summed E-state index contributed by atoms with van der Waals surface area (Å²) in [4.78, 5) is 27.3. The van der Waals surface area contributed by atoms with Crippen molar-refractivity contribution in [1.82, 2.24) is 4.90 Å². The normalized spacial score (nSPS) is 18.2. The minimum absolute atomic E-state index is 0.0388. The molecule has 3 rings (SSSR count). The molecule has 0 bridgehead atoms. The maximum Gasteiger partial charge on any atom is 0.295 e. The molecule has 1 aliphatic heterocycles. The molecule has 2 aromatic rings. The van der Waals surface area contributed by atoms with E-state index < -0.39 is 17.7 Å². The van der Waals surface area contributed by atoms with Gasteiger partial charge in [0.05, 0.1) is 25.8 Å². The van der Waals surface area contributed by atoms with Crippen LogP contribution in [-0.2, 0) is 9.59 Å². The maximum atomic E-state index is 13.0. The van der Waals surface area contributed by atoms with Crippen LogP contribution < -0.4 is 9.47 Å². The van der Waals surface area contributed by atoms with E-state index in [1.165, 1.54) is 19.1 Å². The SMILES string of the molecule is CCCN1C(=O)C(=O)/C(=C(/O)c2c(OC)cccc2OC)C1c1cccc(C)c1. The molecule has 0 aliphatic carbocycles. The fraction of sp³-hybridized carbons (Fsp3) is 0.304. The Kier molecular flexibility index (Phi) is 5.92. The van der Waals surface area contributed by atoms with Gasteiger partial charge in [-0.3, -0.25) is 9.59 Å². The van der Waals surface area contributed by atoms with Crippen molar-refractivity contribution in [1.29, 1.82) is 0 Å². The molecule has 1 unspecified atom stereocenters. The van der Waals surface area contributed by atoms with Gasteiger partial charge in [-0.25, -0.2) is 0 Å². The van der Waals surface area contributed by atoms with E-state index in [4.69, 9.17) is 9.47 Å². The fourth-order valence-electron chi connectivity index (χ4n) is 3.76. The minimum atomic E-state index is -0.713. The zero-order valence-electron chi connectivity index (χ0n) is 17.1. The van der Waals surface area contributed by atoms with Crippen LogP contribution in [0, 0.1) is 6.92 Å². The van der Waals surface area contributed by atoms with Crippen molar-refractivity contribution in [2.45, 2.75) is 26.3 Å². The topological polar surface area (TPSA) is 76.1 Å². The zero-order chi connectivity index (χ0) is 21.1. The first-order valence-electron chi connectivity index (χ1n) is 9.50. The van der Waals surface area contributed by atoms with Crippen molar-refractivity contribution < 1.29 is 24.2 Å². The Labute approximate surface area is 170 Å². The number of aryl methyl sites for hydroxylation is 1. The average molecular weight is 395 g/mol. The molecule has 2 aromatic carbocycles. The molecule has 0 saturated carbocycles. The van der Waals surface area contributed by atoms with E-state index in [-0.39, 0.29) is 16.9 Å². The van der Waals surface area contributed by atoms with Crippen molar-refractivity contribution in [2.75, 3.05) is 20.8 Å². The monoisotopic (exact) mass is 395 g/mol. The van der Waals surface area contributed by atoms with Gasteiger partial charge in [-0.15, -0.1) is 0 Å². The number of nitrogens with zero attached hydrogens (tertiary/aromatic N) is 1. The largest absolute Gasteiger partial charge is 0.506 e. The van der Waals surface area contributed by atoms with Gasteiger partial charge in [0.25, 0.3) is 11.7 Å². The Balaban J connectivity index is 2.30. The highest BCUT2D eigenvalue weighted by Gasteiger charge is 2.46. The van der Waals surface area contributed by atoms with Crippen LogP contribution in [0.1, 0.15) is 36.1 Å². The number of hydrogen-bond acceptors (Lipinski definition) is 5. The summed E-state index contributed by atoms with van der Waals surface area (Å²) in [5, 5.41) is 11.2. The van der Waals surface area contributed by atoms with Crippen molar-refractivity contribution in [3.63, 3.8) is 0 Å². The number of Topliss-reactive ketones (excluding diaryl/α,β-unsaturated/α-hetero) is 1. The zero-order valence-corrected chi connectivity index (χ0v) is 17.1. The number of carbonyl (C=O) groups excluding carboxylic acids is 2. The van der Waals surface area contributed by atoms with Crippen LogP contribution in [0.25, 0.3) is 5.76 Å². The molecule has 6 nitrogen and oxygen atoms in total. The molecule has 1 amide bonds. The summed E-state index contributed by atoms with van der Waals surface area (Å²) < 4.78 is 10.8. The second kappa shape index (κ2) is 8.39. The quantitative estimate of drug-likeness (QED) is 0.457. The third kappa shape index (κ3) is 3.58. The maximum absolute atomic E-state index is 13.0. The van der Waals surface area contributed by atoms with Gasteiger partial charge in [0, 0.05) is 6.54 Å². The molecular formula is C23H25NO5. The van der Waals surface area contributed by atoms with Gasteiger partial charge in [0.15, 0.2) is 0 Å². The molecule has 0 aromatic heterocycles. The molecule has 0 spiro atoms. The first-order valence-corrected chi connectivity index (χ1v) is 9.50. The third-order valence-electron chi connectivity index (χ3n) is 5.03. The van der Waals surface area contributed by atoms with Gasteiger partial charge in [0.1, 0.15) is 22.8 Å². The number of likely N-dealkylation sites (tertiary alicyclic amines) is 1. The Morgan fingerprint density at radius 3 is 2.24 bits per heavy atom.